The van der Waals surface area contributed by atoms with Gasteiger partial charge in [-0.2, -0.15) is 0 Å². The maximum atomic E-state index is 10.3. The van der Waals surface area contributed by atoms with Gasteiger partial charge in [-0.15, -0.1) is 0 Å². The van der Waals surface area contributed by atoms with Crippen molar-refractivity contribution < 1.29 is 9.79 Å². The fourth-order valence-electron chi connectivity index (χ4n) is 0.437. The van der Waals surface area contributed by atoms with E-state index in [4.69, 9.17) is 0 Å². The summed E-state index contributed by atoms with van der Waals surface area (Å²) in [7, 11) is 0. The van der Waals surface area contributed by atoms with E-state index >= 15 is 0 Å². The van der Waals surface area contributed by atoms with Crippen molar-refractivity contribution in [2.45, 2.75) is 6.42 Å². The number of ketones is 1. The van der Waals surface area contributed by atoms with Crippen LogP contribution >= 0.6 is 0 Å². The van der Waals surface area contributed by atoms with Crippen molar-refractivity contribution in [3.8, 4) is 0 Å². The number of hydrogen-bond donors (Lipinski definition) is 1. The zero-order valence-corrected chi connectivity index (χ0v) is 3.85. The molecule has 0 atom stereocenters. The van der Waals surface area contributed by atoms with Crippen molar-refractivity contribution >= 4 is 12.0 Å². The molecule has 0 aromatic rings. The molecule has 7 heavy (non-hydrogen) atoms. The lowest BCUT2D eigenvalue weighted by Gasteiger charge is -1.82. The van der Waals surface area contributed by atoms with Crippen LogP contribution in [0, 0.1) is 0 Å². The normalized spacial score (nSPS) is 18.0. The summed E-state index contributed by atoms with van der Waals surface area (Å²) in [6.45, 7) is 0. The second-order valence-corrected chi connectivity index (χ2v) is 1.37. The van der Waals surface area contributed by atoms with Gasteiger partial charge in [0.1, 0.15) is 0 Å². The lowest BCUT2D eigenvalue weighted by molar-refractivity contribution is -0.368. The van der Waals surface area contributed by atoms with Crippen molar-refractivity contribution in [2.75, 3.05) is 0 Å². The van der Waals surface area contributed by atoms with Crippen LogP contribution in [0.5, 0.6) is 0 Å². The van der Waals surface area contributed by atoms with Gasteiger partial charge in [0.25, 0.3) is 0 Å². The van der Waals surface area contributed by atoms with Gasteiger partial charge in [0, 0.05) is 6.08 Å². The molecular formula is C5H6NO+. The third-order valence-electron chi connectivity index (χ3n) is 0.787. The second-order valence-electron chi connectivity index (χ2n) is 1.37. The molecule has 2 heteroatoms. The minimum absolute atomic E-state index is 0.166. The first-order valence-corrected chi connectivity index (χ1v) is 2.17. The van der Waals surface area contributed by atoms with E-state index in [1.54, 1.807) is 12.4 Å². The van der Waals surface area contributed by atoms with Gasteiger partial charge in [-0.3, -0.25) is 4.79 Å². The Morgan fingerprint density at radius 2 is 2.57 bits per heavy atom. The first-order valence-electron chi connectivity index (χ1n) is 2.17. The van der Waals surface area contributed by atoms with Crippen LogP contribution in [-0.2, 0) is 4.79 Å². The lowest BCUT2D eigenvalue weighted by atomic mass is 10.3. The van der Waals surface area contributed by atoms with Crippen molar-refractivity contribution in [2.24, 2.45) is 0 Å². The predicted octanol–water partition coefficient (Wildman–Crippen LogP) is -1.38. The second kappa shape index (κ2) is 1.69. The highest BCUT2D eigenvalue weighted by molar-refractivity contribution is 5.98. The van der Waals surface area contributed by atoms with Gasteiger partial charge in [0.2, 0.25) is 0 Å². The van der Waals surface area contributed by atoms with Crippen molar-refractivity contribution in [3.05, 3.63) is 12.3 Å². The Kier molecular flexibility index (Phi) is 1.02. The highest BCUT2D eigenvalue weighted by atomic mass is 16.1. The third kappa shape index (κ3) is 0.961. The van der Waals surface area contributed by atoms with Gasteiger partial charge >= 0.3 is 0 Å². The molecule has 1 rings (SSSR count). The summed E-state index contributed by atoms with van der Waals surface area (Å²) in [6.07, 6.45) is 5.41. The zero-order chi connectivity index (χ0) is 5.11. The number of allylic oxidation sites excluding steroid dienone is 1. The van der Waals surface area contributed by atoms with Crippen LogP contribution in [0.25, 0.3) is 0 Å². The summed E-state index contributed by atoms with van der Waals surface area (Å²) in [5.74, 6) is 0.166. The standard InChI is InChI=1S/C5H5NO/c7-5-1-3-6-4-2-5/h1,3-4H,2H2/p+1. The van der Waals surface area contributed by atoms with Crippen LogP contribution in [0.4, 0.5) is 0 Å². The maximum Gasteiger partial charge on any atom is 0.171 e. The molecule has 1 aliphatic heterocycles. The first kappa shape index (κ1) is 4.24. The minimum Gasteiger partial charge on any atom is -0.294 e. The van der Waals surface area contributed by atoms with Crippen LogP contribution < -0.4 is 4.99 Å². The first-order chi connectivity index (χ1) is 3.39. The van der Waals surface area contributed by atoms with Crippen molar-refractivity contribution in [3.63, 3.8) is 0 Å². The molecule has 0 radical (unpaired) electrons. The maximum absolute atomic E-state index is 10.3. The molecule has 0 saturated heterocycles. The number of carbonyl (C=O) groups excluding carboxylic acids is 1. The van der Waals surface area contributed by atoms with Gasteiger partial charge < -0.3 is 0 Å². The van der Waals surface area contributed by atoms with Gasteiger partial charge in [0.05, 0.1) is 6.42 Å². The molecule has 0 amide bonds. The van der Waals surface area contributed by atoms with E-state index < -0.39 is 0 Å². The van der Waals surface area contributed by atoms with E-state index in [-0.39, 0.29) is 5.78 Å². The Labute approximate surface area is 41.6 Å². The monoisotopic (exact) mass is 96.0 g/mol. The topological polar surface area (TPSA) is 31.0 Å². The summed E-state index contributed by atoms with van der Waals surface area (Å²) in [5, 5.41) is 0. The quantitative estimate of drug-likeness (QED) is 0.396. The van der Waals surface area contributed by atoms with Crippen LogP contribution in [0.2, 0.25) is 0 Å². The third-order valence-corrected chi connectivity index (χ3v) is 0.787. The molecule has 0 bridgehead atoms. The van der Waals surface area contributed by atoms with E-state index in [1.807, 2.05) is 0 Å². The highest BCUT2D eigenvalue weighted by Gasteiger charge is 1.98. The van der Waals surface area contributed by atoms with Gasteiger partial charge in [-0.1, -0.05) is 0 Å². The van der Waals surface area contributed by atoms with Gasteiger partial charge in [-0.05, 0) is 0 Å². The van der Waals surface area contributed by atoms with E-state index in [0.29, 0.717) is 6.42 Å². The summed E-state index contributed by atoms with van der Waals surface area (Å²) in [5.41, 5.74) is 0. The van der Waals surface area contributed by atoms with Crippen molar-refractivity contribution in [1.29, 1.82) is 0 Å². The van der Waals surface area contributed by atoms with Crippen LogP contribution in [0.1, 0.15) is 6.42 Å². The van der Waals surface area contributed by atoms with Gasteiger partial charge in [0.15, 0.2) is 18.2 Å². The Morgan fingerprint density at radius 3 is 2.86 bits per heavy atom. The summed E-state index contributed by atoms with van der Waals surface area (Å²) < 4.78 is 0. The highest BCUT2D eigenvalue weighted by Crippen LogP contribution is 1.78. The Bertz CT molecular complexity index is 135. The number of nitrogens with one attached hydrogen (secondary N) is 1. The zero-order valence-electron chi connectivity index (χ0n) is 3.85. The molecule has 0 aliphatic carbocycles. The van der Waals surface area contributed by atoms with Crippen LogP contribution in [-0.4, -0.2) is 12.0 Å². The summed E-state index contributed by atoms with van der Waals surface area (Å²) >= 11 is 0. The van der Waals surface area contributed by atoms with Crippen LogP contribution in [0.3, 0.4) is 0 Å². The van der Waals surface area contributed by atoms with E-state index in [2.05, 4.69) is 4.99 Å². The summed E-state index contributed by atoms with van der Waals surface area (Å²) in [4.78, 5) is 13.1. The molecule has 0 aromatic heterocycles. The largest absolute Gasteiger partial charge is 0.294 e. The molecule has 1 heterocycles. The summed E-state index contributed by atoms with van der Waals surface area (Å²) in [6, 6.07) is 0. The molecule has 1 N–H and O–H groups in total. The van der Waals surface area contributed by atoms with Gasteiger partial charge in [-0.25, -0.2) is 4.99 Å². The molecular weight excluding hydrogens is 90.1 g/mol. The average Bonchev–Trinajstić information content (AvgIpc) is 1.69. The average molecular weight is 96.1 g/mol. The van der Waals surface area contributed by atoms with Crippen molar-refractivity contribution in [1.82, 2.24) is 0 Å². The SMILES string of the molecule is O=C1C=C[NH+]=CC1. The molecule has 36 valence electrons. The molecule has 2 nitrogen and oxygen atoms in total. The predicted molar refractivity (Wildman–Crippen MR) is 25.8 cm³/mol. The fraction of sp³-hybridized carbons (Fsp3) is 0.200. The van der Waals surface area contributed by atoms with E-state index in [1.165, 1.54) is 6.08 Å². The van der Waals surface area contributed by atoms with E-state index in [9.17, 15) is 4.79 Å². The number of rotatable bonds is 0. The molecule has 0 spiro atoms. The van der Waals surface area contributed by atoms with E-state index in [0.717, 1.165) is 0 Å². The Balaban J connectivity index is 2.66. The molecule has 0 saturated carbocycles. The van der Waals surface area contributed by atoms with Crippen LogP contribution in [0.15, 0.2) is 12.3 Å². The minimum atomic E-state index is 0.166. The molecule has 1 aliphatic rings. The smallest absolute Gasteiger partial charge is 0.171 e. The Hall–Kier alpha value is -0.920. The Morgan fingerprint density at radius 1 is 1.71 bits per heavy atom. The number of hydrogen-bond acceptors (Lipinski definition) is 1. The number of carbonyl (C=O) groups is 1. The molecule has 0 aromatic carbocycles. The fourth-order valence-corrected chi connectivity index (χ4v) is 0.437. The molecule has 0 fully saturated rings. The molecule has 0 unspecified atom stereocenters. The lowest BCUT2D eigenvalue weighted by Crippen LogP contribution is -2.62.